The SMILES string of the molecule is CCOCCNC(C)c1ccc(OC)c(COC)c1. The highest BCUT2D eigenvalue weighted by atomic mass is 16.5. The first-order valence-electron chi connectivity index (χ1n) is 6.69. The van der Waals surface area contributed by atoms with Gasteiger partial charge in [0.05, 0.1) is 20.3 Å². The predicted molar refractivity (Wildman–Crippen MR) is 76.6 cm³/mol. The van der Waals surface area contributed by atoms with Gasteiger partial charge in [0.2, 0.25) is 0 Å². The molecule has 1 N–H and O–H groups in total. The lowest BCUT2D eigenvalue weighted by Gasteiger charge is -2.17. The second-order valence-corrected chi connectivity index (χ2v) is 4.38. The van der Waals surface area contributed by atoms with Crippen molar-refractivity contribution in [3.8, 4) is 5.75 Å². The third kappa shape index (κ3) is 5.19. The molecule has 0 amide bonds. The van der Waals surface area contributed by atoms with Crippen molar-refractivity contribution in [2.45, 2.75) is 26.5 Å². The number of hydrogen-bond donors (Lipinski definition) is 1. The molecule has 1 atom stereocenters. The van der Waals surface area contributed by atoms with Crippen LogP contribution in [0.1, 0.15) is 31.0 Å². The molecule has 19 heavy (non-hydrogen) atoms. The average Bonchev–Trinajstić information content (AvgIpc) is 2.43. The third-order valence-electron chi connectivity index (χ3n) is 3.01. The van der Waals surface area contributed by atoms with Gasteiger partial charge in [-0.15, -0.1) is 0 Å². The Balaban J connectivity index is 2.63. The van der Waals surface area contributed by atoms with Gasteiger partial charge in [-0.2, -0.15) is 0 Å². The minimum atomic E-state index is 0.280. The summed E-state index contributed by atoms with van der Waals surface area (Å²) in [5.74, 6) is 0.868. The molecule has 1 aromatic rings. The highest BCUT2D eigenvalue weighted by Crippen LogP contribution is 2.23. The maximum atomic E-state index is 5.33. The Hall–Kier alpha value is -1.10. The lowest BCUT2D eigenvalue weighted by Crippen LogP contribution is -2.23. The Morgan fingerprint density at radius 1 is 1.26 bits per heavy atom. The maximum absolute atomic E-state index is 5.33. The fourth-order valence-electron chi connectivity index (χ4n) is 1.95. The fourth-order valence-corrected chi connectivity index (χ4v) is 1.95. The first-order chi connectivity index (χ1) is 9.22. The van der Waals surface area contributed by atoms with Gasteiger partial charge in [-0.25, -0.2) is 0 Å². The molecule has 1 unspecified atom stereocenters. The van der Waals surface area contributed by atoms with Crippen LogP contribution >= 0.6 is 0 Å². The van der Waals surface area contributed by atoms with E-state index in [1.807, 2.05) is 13.0 Å². The summed E-state index contributed by atoms with van der Waals surface area (Å²) < 4.78 is 15.8. The normalized spacial score (nSPS) is 12.4. The summed E-state index contributed by atoms with van der Waals surface area (Å²) in [7, 11) is 3.37. The predicted octanol–water partition coefficient (Wildman–Crippen LogP) is 2.53. The summed E-state index contributed by atoms with van der Waals surface area (Å²) in [5.41, 5.74) is 2.30. The van der Waals surface area contributed by atoms with Crippen LogP contribution in [0.5, 0.6) is 5.75 Å². The highest BCUT2D eigenvalue weighted by molar-refractivity contribution is 5.38. The number of ether oxygens (including phenoxy) is 3. The van der Waals surface area contributed by atoms with Gasteiger partial charge in [0.25, 0.3) is 0 Å². The first kappa shape index (κ1) is 16.0. The zero-order valence-corrected chi connectivity index (χ0v) is 12.4. The van der Waals surface area contributed by atoms with Gasteiger partial charge in [0.15, 0.2) is 0 Å². The van der Waals surface area contributed by atoms with Crippen molar-refractivity contribution >= 4 is 0 Å². The summed E-state index contributed by atoms with van der Waals surface area (Å²) in [6.45, 7) is 7.05. The van der Waals surface area contributed by atoms with E-state index in [-0.39, 0.29) is 6.04 Å². The third-order valence-corrected chi connectivity index (χ3v) is 3.01. The molecule has 0 radical (unpaired) electrons. The minimum absolute atomic E-state index is 0.280. The average molecular weight is 267 g/mol. The summed E-state index contributed by atoms with van der Waals surface area (Å²) in [5, 5.41) is 3.43. The van der Waals surface area contributed by atoms with Crippen molar-refractivity contribution in [3.05, 3.63) is 29.3 Å². The van der Waals surface area contributed by atoms with E-state index >= 15 is 0 Å². The van der Waals surface area contributed by atoms with E-state index in [1.165, 1.54) is 5.56 Å². The second kappa shape index (κ2) is 8.91. The molecule has 0 aromatic heterocycles. The minimum Gasteiger partial charge on any atom is -0.496 e. The Morgan fingerprint density at radius 3 is 2.68 bits per heavy atom. The number of rotatable bonds is 9. The van der Waals surface area contributed by atoms with Crippen LogP contribution in [0.4, 0.5) is 0 Å². The van der Waals surface area contributed by atoms with Crippen LogP contribution in [0, 0.1) is 0 Å². The number of nitrogens with one attached hydrogen (secondary N) is 1. The lowest BCUT2D eigenvalue weighted by atomic mass is 10.0. The molecule has 0 heterocycles. The molecular formula is C15H25NO3. The summed E-state index contributed by atoms with van der Waals surface area (Å²) in [6.07, 6.45) is 0. The van der Waals surface area contributed by atoms with Crippen LogP contribution in [0.15, 0.2) is 18.2 Å². The monoisotopic (exact) mass is 267 g/mol. The summed E-state index contributed by atoms with van der Waals surface area (Å²) in [6, 6.07) is 6.48. The Morgan fingerprint density at radius 2 is 2.05 bits per heavy atom. The summed E-state index contributed by atoms with van der Waals surface area (Å²) >= 11 is 0. The van der Waals surface area contributed by atoms with Crippen LogP contribution in [0.3, 0.4) is 0 Å². The second-order valence-electron chi connectivity index (χ2n) is 4.38. The molecule has 0 fully saturated rings. The number of hydrogen-bond acceptors (Lipinski definition) is 4. The smallest absolute Gasteiger partial charge is 0.124 e. The molecular weight excluding hydrogens is 242 g/mol. The Labute approximate surface area is 116 Å². The quantitative estimate of drug-likeness (QED) is 0.698. The molecule has 1 aromatic carbocycles. The van der Waals surface area contributed by atoms with Crippen LogP contribution in [0.25, 0.3) is 0 Å². The molecule has 108 valence electrons. The van der Waals surface area contributed by atoms with Crippen LogP contribution in [-0.2, 0) is 16.1 Å². The van der Waals surface area contributed by atoms with Crippen molar-refractivity contribution in [3.63, 3.8) is 0 Å². The summed E-state index contributed by atoms with van der Waals surface area (Å²) in [4.78, 5) is 0. The highest BCUT2D eigenvalue weighted by Gasteiger charge is 2.09. The molecule has 4 heteroatoms. The van der Waals surface area contributed by atoms with E-state index < -0.39 is 0 Å². The van der Waals surface area contributed by atoms with Crippen molar-refractivity contribution < 1.29 is 14.2 Å². The van der Waals surface area contributed by atoms with Gasteiger partial charge in [-0.1, -0.05) is 6.07 Å². The van der Waals surface area contributed by atoms with Gasteiger partial charge in [-0.05, 0) is 31.5 Å². The van der Waals surface area contributed by atoms with Crippen LogP contribution in [0.2, 0.25) is 0 Å². The van der Waals surface area contributed by atoms with Gasteiger partial charge in [0.1, 0.15) is 5.75 Å². The van der Waals surface area contributed by atoms with Crippen molar-refractivity contribution in [1.29, 1.82) is 0 Å². The van der Waals surface area contributed by atoms with E-state index in [1.54, 1.807) is 14.2 Å². The molecule has 0 aliphatic carbocycles. The molecule has 0 aliphatic rings. The van der Waals surface area contributed by atoms with Gasteiger partial charge in [0, 0.05) is 31.9 Å². The lowest BCUT2D eigenvalue weighted by molar-refractivity contribution is 0.147. The van der Waals surface area contributed by atoms with Crippen LogP contribution in [-0.4, -0.2) is 34.0 Å². The molecule has 0 saturated heterocycles. The molecule has 0 spiro atoms. The van der Waals surface area contributed by atoms with E-state index in [0.717, 1.165) is 31.1 Å². The molecule has 1 rings (SSSR count). The van der Waals surface area contributed by atoms with Crippen molar-refractivity contribution in [2.24, 2.45) is 0 Å². The topological polar surface area (TPSA) is 39.7 Å². The fraction of sp³-hybridized carbons (Fsp3) is 0.600. The Bertz CT molecular complexity index is 368. The maximum Gasteiger partial charge on any atom is 0.124 e. The van der Waals surface area contributed by atoms with E-state index in [2.05, 4.69) is 24.4 Å². The number of benzene rings is 1. The Kier molecular flexibility index (Phi) is 7.48. The number of methoxy groups -OCH3 is 2. The molecule has 0 aliphatic heterocycles. The largest absolute Gasteiger partial charge is 0.496 e. The zero-order chi connectivity index (χ0) is 14.1. The molecule has 0 bridgehead atoms. The van der Waals surface area contributed by atoms with Gasteiger partial charge < -0.3 is 19.5 Å². The zero-order valence-electron chi connectivity index (χ0n) is 12.4. The van der Waals surface area contributed by atoms with Crippen molar-refractivity contribution in [1.82, 2.24) is 5.32 Å². The molecule has 0 saturated carbocycles. The van der Waals surface area contributed by atoms with E-state index in [9.17, 15) is 0 Å². The van der Waals surface area contributed by atoms with Crippen molar-refractivity contribution in [2.75, 3.05) is 34.0 Å². The molecule has 4 nitrogen and oxygen atoms in total. The van der Waals surface area contributed by atoms with Crippen LogP contribution < -0.4 is 10.1 Å². The van der Waals surface area contributed by atoms with E-state index in [0.29, 0.717) is 6.61 Å². The van der Waals surface area contributed by atoms with E-state index in [4.69, 9.17) is 14.2 Å². The van der Waals surface area contributed by atoms with Gasteiger partial charge >= 0.3 is 0 Å². The standard InChI is InChI=1S/C15H25NO3/c1-5-19-9-8-16-12(2)13-6-7-15(18-4)14(10-13)11-17-3/h6-7,10,12,16H,5,8-9,11H2,1-4H3. The first-order valence-corrected chi connectivity index (χ1v) is 6.69. The van der Waals surface area contributed by atoms with Gasteiger partial charge in [-0.3, -0.25) is 0 Å².